The number of amides is 1. The second-order valence-corrected chi connectivity index (χ2v) is 4.76. The van der Waals surface area contributed by atoms with E-state index in [0.29, 0.717) is 5.69 Å². The third-order valence-electron chi connectivity index (χ3n) is 3.11. The summed E-state index contributed by atoms with van der Waals surface area (Å²) in [5.41, 5.74) is 1.09. The Morgan fingerprint density at radius 1 is 1.17 bits per heavy atom. The van der Waals surface area contributed by atoms with Gasteiger partial charge in [-0.1, -0.05) is 30.3 Å². The van der Waals surface area contributed by atoms with E-state index in [1.54, 1.807) is 6.07 Å². The Balaban J connectivity index is 2.03. The van der Waals surface area contributed by atoms with Gasteiger partial charge in [0.15, 0.2) is 0 Å². The predicted molar refractivity (Wildman–Crippen MR) is 83.6 cm³/mol. The van der Waals surface area contributed by atoms with Crippen LogP contribution in [0, 0.1) is 0 Å². The first-order valence-electron chi connectivity index (χ1n) is 7.07. The van der Waals surface area contributed by atoms with E-state index in [1.807, 2.05) is 30.3 Å². The Kier molecular flexibility index (Phi) is 5.62. The number of benzene rings is 1. The van der Waals surface area contributed by atoms with Crippen LogP contribution in [0.4, 0.5) is 0 Å². The van der Waals surface area contributed by atoms with E-state index in [9.17, 15) is 14.4 Å². The molecule has 1 aromatic heterocycles. The number of hydrogen-bond donors (Lipinski definition) is 1. The molecule has 0 saturated heterocycles. The van der Waals surface area contributed by atoms with Crippen LogP contribution in [0.15, 0.2) is 47.3 Å². The van der Waals surface area contributed by atoms with Gasteiger partial charge >= 0.3 is 5.97 Å². The van der Waals surface area contributed by atoms with Crippen molar-refractivity contribution in [2.24, 2.45) is 0 Å². The maximum absolute atomic E-state index is 11.8. The van der Waals surface area contributed by atoms with Gasteiger partial charge in [-0.2, -0.15) is 5.10 Å². The van der Waals surface area contributed by atoms with Crippen LogP contribution < -0.4 is 10.9 Å². The molecule has 1 aromatic carbocycles. The SMILES string of the molecule is COC(=O)CCNC(=O)Cn1nc(-c2ccccc2)ccc1=O. The molecule has 0 aliphatic heterocycles. The number of methoxy groups -OCH3 is 1. The van der Waals surface area contributed by atoms with E-state index in [-0.39, 0.29) is 25.1 Å². The topological polar surface area (TPSA) is 90.3 Å². The highest BCUT2D eigenvalue weighted by atomic mass is 16.5. The van der Waals surface area contributed by atoms with E-state index >= 15 is 0 Å². The molecule has 1 amide bonds. The van der Waals surface area contributed by atoms with Crippen LogP contribution in [0.1, 0.15) is 6.42 Å². The molecular weight excluding hydrogens is 298 g/mol. The maximum atomic E-state index is 11.8. The Labute approximate surface area is 132 Å². The molecular formula is C16H17N3O4. The maximum Gasteiger partial charge on any atom is 0.307 e. The zero-order valence-electron chi connectivity index (χ0n) is 12.7. The van der Waals surface area contributed by atoms with Gasteiger partial charge in [-0.15, -0.1) is 0 Å². The molecule has 0 fully saturated rings. The second kappa shape index (κ2) is 7.88. The van der Waals surface area contributed by atoms with Crippen molar-refractivity contribution in [3.63, 3.8) is 0 Å². The summed E-state index contributed by atoms with van der Waals surface area (Å²) in [6.45, 7) is -0.0562. The summed E-state index contributed by atoms with van der Waals surface area (Å²) in [4.78, 5) is 34.6. The van der Waals surface area contributed by atoms with Crippen molar-refractivity contribution >= 4 is 11.9 Å². The fourth-order valence-electron chi connectivity index (χ4n) is 1.92. The third kappa shape index (κ3) is 4.77. The molecule has 23 heavy (non-hydrogen) atoms. The van der Waals surface area contributed by atoms with E-state index in [1.165, 1.54) is 13.2 Å². The van der Waals surface area contributed by atoms with Gasteiger partial charge in [0.2, 0.25) is 5.91 Å². The summed E-state index contributed by atoms with van der Waals surface area (Å²) >= 11 is 0. The minimum absolute atomic E-state index is 0.0780. The standard InChI is InChI=1S/C16H17N3O4/c1-23-16(22)9-10-17-14(20)11-19-15(21)8-7-13(18-19)12-5-3-2-4-6-12/h2-8H,9-11H2,1H3,(H,17,20). The number of nitrogens with one attached hydrogen (secondary N) is 1. The monoisotopic (exact) mass is 315 g/mol. The number of esters is 1. The number of carbonyl (C=O) groups is 2. The van der Waals surface area contributed by atoms with Gasteiger partial charge in [-0.3, -0.25) is 14.4 Å². The molecule has 120 valence electrons. The van der Waals surface area contributed by atoms with Crippen molar-refractivity contribution in [2.45, 2.75) is 13.0 Å². The lowest BCUT2D eigenvalue weighted by Gasteiger charge is -2.08. The Bertz CT molecular complexity index is 740. The lowest BCUT2D eigenvalue weighted by molar-refractivity contribution is -0.140. The highest BCUT2D eigenvalue weighted by Gasteiger charge is 2.08. The Morgan fingerprint density at radius 3 is 2.61 bits per heavy atom. The average Bonchev–Trinajstić information content (AvgIpc) is 2.57. The summed E-state index contributed by atoms with van der Waals surface area (Å²) < 4.78 is 5.57. The van der Waals surface area contributed by atoms with Crippen molar-refractivity contribution in [3.05, 3.63) is 52.8 Å². The first-order valence-corrected chi connectivity index (χ1v) is 7.07. The van der Waals surface area contributed by atoms with Crippen molar-refractivity contribution in [2.75, 3.05) is 13.7 Å². The fourth-order valence-corrected chi connectivity index (χ4v) is 1.92. The summed E-state index contributed by atoms with van der Waals surface area (Å²) in [5, 5.41) is 6.74. The quantitative estimate of drug-likeness (QED) is 0.788. The molecule has 7 nitrogen and oxygen atoms in total. The van der Waals surface area contributed by atoms with Gasteiger partial charge < -0.3 is 10.1 Å². The van der Waals surface area contributed by atoms with Crippen LogP contribution >= 0.6 is 0 Å². The third-order valence-corrected chi connectivity index (χ3v) is 3.11. The minimum atomic E-state index is -0.410. The summed E-state index contributed by atoms with van der Waals surface area (Å²) in [6, 6.07) is 12.3. The normalized spacial score (nSPS) is 10.1. The zero-order chi connectivity index (χ0) is 16.7. The van der Waals surface area contributed by atoms with Gasteiger partial charge in [-0.05, 0) is 6.07 Å². The molecule has 0 bridgehead atoms. The molecule has 0 aliphatic rings. The Hall–Kier alpha value is -2.96. The highest BCUT2D eigenvalue weighted by Crippen LogP contribution is 2.13. The van der Waals surface area contributed by atoms with Gasteiger partial charge in [0.05, 0.1) is 19.2 Å². The molecule has 0 spiro atoms. The molecule has 0 atom stereocenters. The fraction of sp³-hybridized carbons (Fsp3) is 0.250. The number of carbonyl (C=O) groups excluding carboxylic acids is 2. The number of rotatable bonds is 6. The van der Waals surface area contributed by atoms with E-state index in [2.05, 4.69) is 15.2 Å². The molecule has 0 unspecified atom stereocenters. The van der Waals surface area contributed by atoms with Crippen LogP contribution in [0.25, 0.3) is 11.3 Å². The van der Waals surface area contributed by atoms with Crippen LogP contribution in [0.3, 0.4) is 0 Å². The van der Waals surface area contributed by atoms with Crippen molar-refractivity contribution in [1.82, 2.24) is 15.1 Å². The zero-order valence-corrected chi connectivity index (χ0v) is 12.7. The average molecular weight is 315 g/mol. The van der Waals surface area contributed by atoms with Crippen LogP contribution in [0.5, 0.6) is 0 Å². The molecule has 2 aromatic rings. The van der Waals surface area contributed by atoms with Gasteiger partial charge in [-0.25, -0.2) is 4.68 Å². The first kappa shape index (κ1) is 16.4. The molecule has 2 rings (SSSR count). The van der Waals surface area contributed by atoms with Gasteiger partial charge in [0.1, 0.15) is 6.54 Å². The minimum Gasteiger partial charge on any atom is -0.469 e. The van der Waals surface area contributed by atoms with Crippen molar-refractivity contribution in [1.29, 1.82) is 0 Å². The lowest BCUT2D eigenvalue weighted by atomic mass is 10.1. The first-order chi connectivity index (χ1) is 11.1. The van der Waals surface area contributed by atoms with E-state index in [4.69, 9.17) is 0 Å². The van der Waals surface area contributed by atoms with Gasteiger partial charge in [0.25, 0.3) is 5.56 Å². The lowest BCUT2D eigenvalue weighted by Crippen LogP contribution is -2.34. The van der Waals surface area contributed by atoms with Crippen molar-refractivity contribution < 1.29 is 14.3 Å². The molecule has 1 heterocycles. The number of hydrogen-bond acceptors (Lipinski definition) is 5. The van der Waals surface area contributed by atoms with Crippen LogP contribution in [0.2, 0.25) is 0 Å². The summed E-state index contributed by atoms with van der Waals surface area (Å²) in [7, 11) is 1.28. The van der Waals surface area contributed by atoms with Crippen molar-refractivity contribution in [3.8, 4) is 11.3 Å². The number of aromatic nitrogens is 2. The molecule has 0 radical (unpaired) electrons. The highest BCUT2D eigenvalue weighted by molar-refractivity contribution is 5.76. The number of ether oxygens (including phenoxy) is 1. The molecule has 0 aliphatic carbocycles. The van der Waals surface area contributed by atoms with Crippen LogP contribution in [-0.4, -0.2) is 35.3 Å². The van der Waals surface area contributed by atoms with E-state index < -0.39 is 11.9 Å². The molecule has 0 saturated carbocycles. The van der Waals surface area contributed by atoms with Crippen LogP contribution in [-0.2, 0) is 20.9 Å². The molecule has 1 N–H and O–H groups in total. The Morgan fingerprint density at radius 2 is 1.91 bits per heavy atom. The largest absolute Gasteiger partial charge is 0.469 e. The summed E-state index contributed by atoms with van der Waals surface area (Å²) in [5.74, 6) is -0.805. The van der Waals surface area contributed by atoms with E-state index in [0.717, 1.165) is 10.2 Å². The summed E-state index contributed by atoms with van der Waals surface area (Å²) in [6.07, 6.45) is 0.0780. The van der Waals surface area contributed by atoms with Gasteiger partial charge in [0, 0.05) is 18.2 Å². The second-order valence-electron chi connectivity index (χ2n) is 4.76. The predicted octanol–water partition coefficient (Wildman–Crippen LogP) is 0.590. The molecule has 7 heteroatoms. The smallest absolute Gasteiger partial charge is 0.307 e. The number of nitrogens with zero attached hydrogens (tertiary/aromatic N) is 2.